The van der Waals surface area contributed by atoms with E-state index in [-0.39, 0.29) is 0 Å². The molecule has 0 unspecified atom stereocenters. The van der Waals surface area contributed by atoms with Gasteiger partial charge in [-0.25, -0.2) is 4.39 Å². The summed E-state index contributed by atoms with van der Waals surface area (Å²) >= 11 is 0. The second-order valence-corrected chi connectivity index (χ2v) is 4.24. The number of nitrogens with zero attached hydrogens (tertiary/aromatic N) is 1. The van der Waals surface area contributed by atoms with Crippen molar-refractivity contribution in [1.82, 2.24) is 0 Å². The van der Waals surface area contributed by atoms with Crippen molar-refractivity contribution in [1.29, 1.82) is 5.26 Å². The van der Waals surface area contributed by atoms with E-state index < -0.39 is 11.4 Å². The molecule has 16 heavy (non-hydrogen) atoms. The highest BCUT2D eigenvalue weighted by atomic mass is 19.1. The van der Waals surface area contributed by atoms with Crippen molar-refractivity contribution >= 4 is 5.69 Å². The fraction of sp³-hybridized carbons (Fsp3) is 0.417. The van der Waals surface area contributed by atoms with Crippen LogP contribution in [0.25, 0.3) is 0 Å². The maximum absolute atomic E-state index is 13.4. The molecule has 1 aromatic rings. The van der Waals surface area contributed by atoms with E-state index in [1.807, 2.05) is 6.07 Å². The number of nitrogens with one attached hydrogen (secondary N) is 1. The number of benzene rings is 1. The van der Waals surface area contributed by atoms with Gasteiger partial charge in [-0.3, -0.25) is 0 Å². The minimum atomic E-state index is -0.680. The van der Waals surface area contributed by atoms with Crippen LogP contribution in [-0.2, 0) is 0 Å². The van der Waals surface area contributed by atoms with Gasteiger partial charge in [0.05, 0.1) is 22.9 Å². The summed E-state index contributed by atoms with van der Waals surface area (Å²) in [4.78, 5) is 0. The van der Waals surface area contributed by atoms with Crippen molar-refractivity contribution in [3.8, 4) is 6.07 Å². The second kappa shape index (κ2) is 4.11. The van der Waals surface area contributed by atoms with Crippen LogP contribution >= 0.6 is 0 Å². The van der Waals surface area contributed by atoms with E-state index in [0.717, 1.165) is 19.3 Å². The van der Waals surface area contributed by atoms with Crippen molar-refractivity contribution in [2.45, 2.75) is 24.9 Å². The lowest BCUT2D eigenvalue weighted by atomic mass is 9.80. The maximum Gasteiger partial charge on any atom is 0.147 e. The topological polar surface area (TPSA) is 56.0 Å². The van der Waals surface area contributed by atoms with E-state index in [1.54, 1.807) is 6.07 Å². The highest BCUT2D eigenvalue weighted by molar-refractivity contribution is 5.49. The zero-order valence-electron chi connectivity index (χ0n) is 8.83. The van der Waals surface area contributed by atoms with Crippen LogP contribution in [0.15, 0.2) is 18.2 Å². The third kappa shape index (κ3) is 2.15. The molecular formula is C12H13FN2O. The SMILES string of the molecule is N#Cc1ccc(NCC2(O)CCC2)c(F)c1. The Balaban J connectivity index is 2.02. The molecule has 2 rings (SSSR count). The van der Waals surface area contributed by atoms with Gasteiger partial charge in [0.2, 0.25) is 0 Å². The highest BCUT2D eigenvalue weighted by Gasteiger charge is 2.34. The molecule has 0 aliphatic heterocycles. The predicted molar refractivity (Wildman–Crippen MR) is 58.4 cm³/mol. The van der Waals surface area contributed by atoms with Crippen LogP contribution in [-0.4, -0.2) is 17.3 Å². The number of hydrogen-bond acceptors (Lipinski definition) is 3. The first kappa shape index (κ1) is 10.9. The van der Waals surface area contributed by atoms with Crippen molar-refractivity contribution < 1.29 is 9.50 Å². The van der Waals surface area contributed by atoms with E-state index in [9.17, 15) is 9.50 Å². The van der Waals surface area contributed by atoms with Crippen LogP contribution in [0.4, 0.5) is 10.1 Å². The molecule has 0 atom stereocenters. The molecule has 0 spiro atoms. The first-order valence-corrected chi connectivity index (χ1v) is 5.29. The molecule has 3 nitrogen and oxygen atoms in total. The Morgan fingerprint density at radius 1 is 1.50 bits per heavy atom. The molecule has 0 aromatic heterocycles. The average molecular weight is 220 g/mol. The normalized spacial score (nSPS) is 17.3. The molecule has 1 aliphatic carbocycles. The lowest BCUT2D eigenvalue weighted by Crippen LogP contribution is -2.43. The van der Waals surface area contributed by atoms with Crippen LogP contribution in [0.3, 0.4) is 0 Å². The number of hydrogen-bond donors (Lipinski definition) is 2. The summed E-state index contributed by atoms with van der Waals surface area (Å²) < 4.78 is 13.4. The average Bonchev–Trinajstić information content (AvgIpc) is 2.25. The lowest BCUT2D eigenvalue weighted by Gasteiger charge is -2.36. The van der Waals surface area contributed by atoms with Crippen molar-refractivity contribution in [2.75, 3.05) is 11.9 Å². The van der Waals surface area contributed by atoms with Gasteiger partial charge in [-0.15, -0.1) is 0 Å². The first-order chi connectivity index (χ1) is 7.63. The molecule has 2 N–H and O–H groups in total. The second-order valence-electron chi connectivity index (χ2n) is 4.24. The lowest BCUT2D eigenvalue weighted by molar-refractivity contribution is -0.0202. The van der Waals surface area contributed by atoms with Crippen LogP contribution in [0.2, 0.25) is 0 Å². The largest absolute Gasteiger partial charge is 0.388 e. The smallest absolute Gasteiger partial charge is 0.147 e. The van der Waals surface area contributed by atoms with Crippen molar-refractivity contribution in [3.05, 3.63) is 29.6 Å². The molecule has 1 fully saturated rings. The highest BCUT2D eigenvalue weighted by Crippen LogP contribution is 2.31. The van der Waals surface area contributed by atoms with E-state index in [1.165, 1.54) is 12.1 Å². The van der Waals surface area contributed by atoms with Crippen molar-refractivity contribution in [2.24, 2.45) is 0 Å². The van der Waals surface area contributed by atoms with Crippen molar-refractivity contribution in [3.63, 3.8) is 0 Å². The third-order valence-electron chi connectivity index (χ3n) is 2.99. The van der Waals surface area contributed by atoms with Crippen LogP contribution in [0.5, 0.6) is 0 Å². The molecule has 1 aromatic carbocycles. The summed E-state index contributed by atoms with van der Waals surface area (Å²) in [7, 11) is 0. The molecule has 4 heteroatoms. The van der Waals surface area contributed by atoms with Gasteiger partial charge in [-0.1, -0.05) is 0 Å². The predicted octanol–water partition coefficient (Wildman–Crippen LogP) is 2.02. The zero-order chi connectivity index (χ0) is 11.6. The van der Waals surface area contributed by atoms with Crippen LogP contribution in [0, 0.1) is 17.1 Å². The van der Waals surface area contributed by atoms with Gasteiger partial charge in [-0.05, 0) is 37.5 Å². The Labute approximate surface area is 93.5 Å². The zero-order valence-corrected chi connectivity index (χ0v) is 8.83. The molecule has 0 amide bonds. The van der Waals surface area contributed by atoms with Gasteiger partial charge in [-0.2, -0.15) is 5.26 Å². The van der Waals surface area contributed by atoms with Crippen LogP contribution in [0.1, 0.15) is 24.8 Å². The molecule has 1 aliphatic rings. The number of aliphatic hydroxyl groups is 1. The minimum absolute atomic E-state index is 0.297. The molecule has 0 radical (unpaired) electrons. The summed E-state index contributed by atoms with van der Waals surface area (Å²) in [6.45, 7) is 0.357. The van der Waals surface area contributed by atoms with Gasteiger partial charge in [0.1, 0.15) is 5.82 Å². The summed E-state index contributed by atoms with van der Waals surface area (Å²) in [5.41, 5.74) is -0.0508. The molecule has 1 saturated carbocycles. The summed E-state index contributed by atoms with van der Waals surface area (Å²) in [5.74, 6) is -0.457. The number of rotatable bonds is 3. The Hall–Kier alpha value is -1.60. The van der Waals surface area contributed by atoms with Crippen LogP contribution < -0.4 is 5.32 Å². The standard InChI is InChI=1S/C12H13FN2O/c13-10-6-9(7-14)2-3-11(10)15-8-12(16)4-1-5-12/h2-3,6,15-16H,1,4-5,8H2. The van der Waals surface area contributed by atoms with E-state index in [2.05, 4.69) is 5.32 Å². The Bertz CT molecular complexity index is 435. The number of nitriles is 1. The quantitative estimate of drug-likeness (QED) is 0.819. The Morgan fingerprint density at radius 3 is 2.75 bits per heavy atom. The first-order valence-electron chi connectivity index (χ1n) is 5.29. The van der Waals surface area contributed by atoms with E-state index in [0.29, 0.717) is 17.8 Å². The summed E-state index contributed by atoms with van der Waals surface area (Å²) in [6.07, 6.45) is 2.55. The van der Waals surface area contributed by atoms with Gasteiger partial charge >= 0.3 is 0 Å². The number of anilines is 1. The molecular weight excluding hydrogens is 207 g/mol. The fourth-order valence-corrected chi connectivity index (χ4v) is 1.75. The van der Waals surface area contributed by atoms with Gasteiger partial charge in [0, 0.05) is 6.54 Å². The summed E-state index contributed by atoms with van der Waals surface area (Å²) in [5, 5.41) is 21.3. The van der Waals surface area contributed by atoms with E-state index >= 15 is 0 Å². The molecule has 0 heterocycles. The fourth-order valence-electron chi connectivity index (χ4n) is 1.75. The Kier molecular flexibility index (Phi) is 2.80. The van der Waals surface area contributed by atoms with E-state index in [4.69, 9.17) is 5.26 Å². The summed E-state index contributed by atoms with van der Waals surface area (Å²) in [6, 6.07) is 6.14. The maximum atomic E-state index is 13.4. The molecule has 0 saturated heterocycles. The van der Waals surface area contributed by atoms with Gasteiger partial charge in [0.15, 0.2) is 0 Å². The molecule has 84 valence electrons. The van der Waals surface area contributed by atoms with Gasteiger partial charge < -0.3 is 10.4 Å². The van der Waals surface area contributed by atoms with Gasteiger partial charge in [0.25, 0.3) is 0 Å². The third-order valence-corrected chi connectivity index (χ3v) is 2.99. The monoisotopic (exact) mass is 220 g/mol. The minimum Gasteiger partial charge on any atom is -0.388 e. The Morgan fingerprint density at radius 2 is 2.25 bits per heavy atom. The number of halogens is 1. The molecule has 0 bridgehead atoms.